The number of H-pyrrole nitrogens is 1. The molecule has 1 aliphatic heterocycles. The van der Waals surface area contributed by atoms with Crippen LogP contribution in [-0.2, 0) is 0 Å². The Bertz CT molecular complexity index is 818. The fraction of sp³-hybridized carbons (Fsp3) is 0.696. The van der Waals surface area contributed by atoms with Gasteiger partial charge in [-0.25, -0.2) is 4.79 Å². The predicted molar refractivity (Wildman–Crippen MR) is 112 cm³/mol. The van der Waals surface area contributed by atoms with E-state index < -0.39 is 0 Å². The highest BCUT2D eigenvalue weighted by Gasteiger charge is 2.40. The van der Waals surface area contributed by atoms with E-state index in [2.05, 4.69) is 16.0 Å². The standard InChI is InChI=1S/C22H31N3O.CH4/c26-21-23-19-7-1-2-8-20(19)25(21)18-9-13-24(14-10-18)16-22-11-3-5-17(15-22)6-4-12-22;/h1-2,7-8,17-18H,3-6,9-16H2,(H,23,26);1H4. The summed E-state index contributed by atoms with van der Waals surface area (Å²) in [5.74, 6) is 1.01. The molecule has 1 aromatic heterocycles. The van der Waals surface area contributed by atoms with Crippen molar-refractivity contribution in [3.63, 3.8) is 0 Å². The fourth-order valence-corrected chi connectivity index (χ4v) is 6.29. The SMILES string of the molecule is C.O=c1[nH]c2ccccc2n1C1CCN(CC23CCCC(CCC2)C3)CC1. The number of piperidine rings is 1. The molecule has 0 unspecified atom stereocenters. The lowest BCUT2D eigenvalue weighted by Gasteiger charge is -2.48. The highest BCUT2D eigenvalue weighted by atomic mass is 16.1. The van der Waals surface area contributed by atoms with Crippen LogP contribution in [0.2, 0.25) is 0 Å². The molecule has 1 N–H and O–H groups in total. The number of imidazole rings is 1. The van der Waals surface area contributed by atoms with E-state index >= 15 is 0 Å². The van der Waals surface area contributed by atoms with Crippen molar-refractivity contribution in [1.82, 2.24) is 14.5 Å². The molecule has 2 aliphatic carbocycles. The van der Waals surface area contributed by atoms with Crippen molar-refractivity contribution in [2.75, 3.05) is 19.6 Å². The average Bonchev–Trinajstić information content (AvgIpc) is 2.98. The van der Waals surface area contributed by atoms with Crippen LogP contribution in [0.25, 0.3) is 11.0 Å². The Labute approximate surface area is 163 Å². The third kappa shape index (κ3) is 3.49. The molecule has 0 spiro atoms. The molecule has 2 bridgehead atoms. The lowest BCUT2D eigenvalue weighted by Crippen LogP contribution is -2.46. The number of rotatable bonds is 3. The Hall–Kier alpha value is -1.55. The first-order valence-electron chi connectivity index (χ1n) is 10.6. The van der Waals surface area contributed by atoms with Gasteiger partial charge in [0.05, 0.1) is 11.0 Å². The van der Waals surface area contributed by atoms with Crippen LogP contribution >= 0.6 is 0 Å². The highest BCUT2D eigenvalue weighted by Crippen LogP contribution is 2.49. The molecule has 0 amide bonds. The number of hydrogen-bond acceptors (Lipinski definition) is 2. The summed E-state index contributed by atoms with van der Waals surface area (Å²) in [4.78, 5) is 18.2. The topological polar surface area (TPSA) is 41.0 Å². The molecule has 4 heteroatoms. The molecule has 1 aromatic carbocycles. The van der Waals surface area contributed by atoms with Crippen molar-refractivity contribution in [2.24, 2.45) is 11.3 Å². The first-order chi connectivity index (χ1) is 12.7. The second-order valence-corrected chi connectivity index (χ2v) is 9.18. The molecule has 4 nitrogen and oxygen atoms in total. The van der Waals surface area contributed by atoms with Crippen molar-refractivity contribution in [2.45, 2.75) is 71.3 Å². The Morgan fingerprint density at radius 1 is 1.04 bits per heavy atom. The van der Waals surface area contributed by atoms with Crippen LogP contribution in [0, 0.1) is 11.3 Å². The van der Waals surface area contributed by atoms with E-state index in [0.717, 1.165) is 42.9 Å². The predicted octanol–water partition coefficient (Wildman–Crippen LogP) is 4.96. The van der Waals surface area contributed by atoms with Gasteiger partial charge in [-0.05, 0) is 55.6 Å². The van der Waals surface area contributed by atoms with Gasteiger partial charge in [0.1, 0.15) is 0 Å². The number of aromatic amines is 1. The van der Waals surface area contributed by atoms with E-state index in [1.165, 1.54) is 51.5 Å². The molecule has 5 rings (SSSR count). The normalized spacial score (nSPS) is 29.6. The zero-order chi connectivity index (χ0) is 17.6. The fourth-order valence-electron chi connectivity index (χ4n) is 6.29. The van der Waals surface area contributed by atoms with Gasteiger partial charge in [0.15, 0.2) is 0 Å². The van der Waals surface area contributed by atoms with Gasteiger partial charge in [0, 0.05) is 25.7 Å². The third-order valence-electron chi connectivity index (χ3n) is 7.47. The van der Waals surface area contributed by atoms with Crippen LogP contribution < -0.4 is 5.69 Å². The molecular weight excluding hydrogens is 334 g/mol. The summed E-state index contributed by atoms with van der Waals surface area (Å²) in [6.07, 6.45) is 12.4. The maximum absolute atomic E-state index is 12.5. The van der Waals surface area contributed by atoms with Gasteiger partial charge in [0.25, 0.3) is 0 Å². The molecule has 3 aliphatic rings. The molecule has 2 heterocycles. The number of para-hydroxylation sites is 2. The van der Waals surface area contributed by atoms with Gasteiger partial charge in [-0.1, -0.05) is 45.2 Å². The number of likely N-dealkylation sites (tertiary alicyclic amines) is 1. The van der Waals surface area contributed by atoms with Crippen LogP contribution in [0.15, 0.2) is 29.1 Å². The van der Waals surface area contributed by atoms with Crippen LogP contribution in [0.3, 0.4) is 0 Å². The third-order valence-corrected chi connectivity index (χ3v) is 7.47. The lowest BCUT2D eigenvalue weighted by molar-refractivity contribution is 0.0250. The van der Waals surface area contributed by atoms with Gasteiger partial charge in [0.2, 0.25) is 0 Å². The summed E-state index contributed by atoms with van der Waals surface area (Å²) >= 11 is 0. The highest BCUT2D eigenvalue weighted by molar-refractivity contribution is 5.75. The molecule has 2 saturated carbocycles. The van der Waals surface area contributed by atoms with Gasteiger partial charge >= 0.3 is 5.69 Å². The van der Waals surface area contributed by atoms with Crippen molar-refractivity contribution in [1.29, 1.82) is 0 Å². The van der Waals surface area contributed by atoms with Crippen molar-refractivity contribution in [3.05, 3.63) is 34.7 Å². The van der Waals surface area contributed by atoms with E-state index in [-0.39, 0.29) is 13.1 Å². The molecule has 0 radical (unpaired) electrons. The average molecular weight is 370 g/mol. The molecule has 0 atom stereocenters. The van der Waals surface area contributed by atoms with Crippen LogP contribution in [-0.4, -0.2) is 34.1 Å². The summed E-state index contributed by atoms with van der Waals surface area (Å²) in [7, 11) is 0. The van der Waals surface area contributed by atoms with Gasteiger partial charge < -0.3 is 9.88 Å². The Morgan fingerprint density at radius 3 is 2.48 bits per heavy atom. The summed E-state index contributed by atoms with van der Waals surface area (Å²) in [5.41, 5.74) is 2.71. The second-order valence-electron chi connectivity index (χ2n) is 9.18. The molecule has 27 heavy (non-hydrogen) atoms. The largest absolute Gasteiger partial charge is 0.326 e. The van der Waals surface area contributed by atoms with E-state index in [4.69, 9.17) is 0 Å². The minimum atomic E-state index is 0. The van der Waals surface area contributed by atoms with Gasteiger partial charge in [-0.2, -0.15) is 0 Å². The first kappa shape index (κ1) is 18.8. The zero-order valence-electron chi connectivity index (χ0n) is 15.8. The molecule has 2 aromatic rings. The van der Waals surface area contributed by atoms with E-state index in [0.29, 0.717) is 11.5 Å². The van der Waals surface area contributed by atoms with Gasteiger partial charge in [-0.15, -0.1) is 0 Å². The molecule has 1 saturated heterocycles. The summed E-state index contributed by atoms with van der Waals surface area (Å²) in [6.45, 7) is 3.59. The maximum atomic E-state index is 12.5. The zero-order valence-corrected chi connectivity index (χ0v) is 15.8. The minimum Gasteiger partial charge on any atom is -0.306 e. The van der Waals surface area contributed by atoms with Crippen LogP contribution in [0.5, 0.6) is 0 Å². The van der Waals surface area contributed by atoms with E-state index in [1.807, 2.05) is 22.8 Å². The summed E-state index contributed by atoms with van der Waals surface area (Å²) in [5, 5.41) is 0. The number of fused-ring (bicyclic) bond motifs is 3. The minimum absolute atomic E-state index is 0. The van der Waals surface area contributed by atoms with Crippen molar-refractivity contribution < 1.29 is 0 Å². The van der Waals surface area contributed by atoms with Gasteiger partial charge in [-0.3, -0.25) is 4.57 Å². The molecule has 148 valence electrons. The molecular formula is C23H35N3O. The lowest BCUT2D eigenvalue weighted by atomic mass is 9.62. The first-order valence-corrected chi connectivity index (χ1v) is 10.6. The maximum Gasteiger partial charge on any atom is 0.326 e. The quantitative estimate of drug-likeness (QED) is 0.830. The number of aromatic nitrogens is 2. The number of hydrogen-bond donors (Lipinski definition) is 1. The summed E-state index contributed by atoms with van der Waals surface area (Å²) in [6, 6.07) is 8.44. The Kier molecular flexibility index (Phi) is 5.19. The Morgan fingerprint density at radius 2 is 1.74 bits per heavy atom. The van der Waals surface area contributed by atoms with E-state index in [1.54, 1.807) is 0 Å². The number of nitrogens with zero attached hydrogens (tertiary/aromatic N) is 2. The van der Waals surface area contributed by atoms with Crippen LogP contribution in [0.1, 0.15) is 71.3 Å². The second kappa shape index (κ2) is 7.46. The number of benzene rings is 1. The van der Waals surface area contributed by atoms with Crippen molar-refractivity contribution >= 4 is 11.0 Å². The monoisotopic (exact) mass is 369 g/mol. The smallest absolute Gasteiger partial charge is 0.306 e. The summed E-state index contributed by atoms with van der Waals surface area (Å²) < 4.78 is 2.02. The Balaban J connectivity index is 0.00000180. The van der Waals surface area contributed by atoms with Crippen molar-refractivity contribution in [3.8, 4) is 0 Å². The molecule has 3 fully saturated rings. The van der Waals surface area contributed by atoms with Crippen LogP contribution in [0.4, 0.5) is 0 Å². The van der Waals surface area contributed by atoms with E-state index in [9.17, 15) is 4.79 Å². The number of nitrogens with one attached hydrogen (secondary N) is 1.